The van der Waals surface area contributed by atoms with Crippen LogP contribution in [-0.4, -0.2) is 63.8 Å². The standard InChI is InChI=1S/C17H28N4O3S/c1-3-18-17(20-15(2)16-7-5-4-6-8-16)19-9-14-25(22,23)21-10-12-24-13-11-21/h4-8,15H,3,9-14H2,1-2H3,(H2,18,19,20). The van der Waals surface area contributed by atoms with E-state index in [1.54, 1.807) is 0 Å². The van der Waals surface area contributed by atoms with Crippen LogP contribution in [0.5, 0.6) is 0 Å². The van der Waals surface area contributed by atoms with E-state index >= 15 is 0 Å². The smallest absolute Gasteiger partial charge is 0.216 e. The number of benzene rings is 1. The van der Waals surface area contributed by atoms with Crippen LogP contribution in [0.1, 0.15) is 25.5 Å². The summed E-state index contributed by atoms with van der Waals surface area (Å²) in [5.74, 6) is 0.625. The van der Waals surface area contributed by atoms with E-state index in [9.17, 15) is 8.42 Å². The number of morpholine rings is 1. The Morgan fingerprint density at radius 3 is 2.60 bits per heavy atom. The topological polar surface area (TPSA) is 83.0 Å². The molecule has 1 aromatic carbocycles. The van der Waals surface area contributed by atoms with Crippen molar-refractivity contribution < 1.29 is 13.2 Å². The first-order valence-electron chi connectivity index (χ1n) is 8.68. The zero-order chi connectivity index (χ0) is 18.1. The molecule has 25 heavy (non-hydrogen) atoms. The third kappa shape index (κ3) is 6.30. The Labute approximate surface area is 150 Å². The van der Waals surface area contributed by atoms with Gasteiger partial charge in [-0.3, -0.25) is 4.99 Å². The highest BCUT2D eigenvalue weighted by Gasteiger charge is 2.23. The number of hydrogen-bond acceptors (Lipinski definition) is 4. The van der Waals surface area contributed by atoms with Gasteiger partial charge in [-0.25, -0.2) is 8.42 Å². The third-order valence-corrected chi connectivity index (χ3v) is 5.83. The molecule has 0 amide bonds. The Balaban J connectivity index is 1.92. The van der Waals surface area contributed by atoms with Gasteiger partial charge in [0.15, 0.2) is 5.96 Å². The van der Waals surface area contributed by atoms with Gasteiger partial charge >= 0.3 is 0 Å². The number of sulfonamides is 1. The highest BCUT2D eigenvalue weighted by atomic mass is 32.2. The molecule has 7 nitrogen and oxygen atoms in total. The zero-order valence-electron chi connectivity index (χ0n) is 14.9. The van der Waals surface area contributed by atoms with Crippen LogP contribution in [0.4, 0.5) is 0 Å². The average Bonchev–Trinajstić information content (AvgIpc) is 2.63. The fourth-order valence-corrected chi connectivity index (χ4v) is 3.86. The molecular weight excluding hydrogens is 340 g/mol. The van der Waals surface area contributed by atoms with Gasteiger partial charge in [0.25, 0.3) is 0 Å². The largest absolute Gasteiger partial charge is 0.379 e. The van der Waals surface area contributed by atoms with E-state index in [-0.39, 0.29) is 18.3 Å². The summed E-state index contributed by atoms with van der Waals surface area (Å²) in [6.07, 6.45) is 0. The molecule has 0 aliphatic carbocycles. The molecule has 1 saturated heterocycles. The second-order valence-electron chi connectivity index (χ2n) is 5.86. The van der Waals surface area contributed by atoms with E-state index in [4.69, 9.17) is 4.74 Å². The number of nitrogens with one attached hydrogen (secondary N) is 2. The normalized spacial score (nSPS) is 17.9. The monoisotopic (exact) mass is 368 g/mol. The SMILES string of the molecule is CCNC(=NCCS(=O)(=O)N1CCOCC1)NC(C)c1ccccc1. The minimum Gasteiger partial charge on any atom is -0.379 e. The molecule has 0 radical (unpaired) electrons. The molecule has 0 bridgehead atoms. The van der Waals surface area contributed by atoms with E-state index in [0.29, 0.717) is 38.8 Å². The number of rotatable bonds is 7. The molecule has 0 saturated carbocycles. The summed E-state index contributed by atoms with van der Waals surface area (Å²) in [7, 11) is -3.28. The van der Waals surface area contributed by atoms with Crippen LogP contribution in [-0.2, 0) is 14.8 Å². The van der Waals surface area contributed by atoms with Gasteiger partial charge < -0.3 is 15.4 Å². The van der Waals surface area contributed by atoms with Crippen molar-refractivity contribution in [3.63, 3.8) is 0 Å². The predicted molar refractivity (Wildman–Crippen MR) is 100 cm³/mol. The Kier molecular flexibility index (Phi) is 7.67. The molecule has 1 unspecified atom stereocenters. The maximum Gasteiger partial charge on any atom is 0.216 e. The summed E-state index contributed by atoms with van der Waals surface area (Å²) in [4.78, 5) is 4.42. The quantitative estimate of drug-likeness (QED) is 0.553. The molecule has 1 aliphatic heterocycles. The number of guanidine groups is 1. The summed E-state index contributed by atoms with van der Waals surface area (Å²) in [6.45, 7) is 6.73. The van der Waals surface area contributed by atoms with Gasteiger partial charge in [-0.1, -0.05) is 30.3 Å². The molecule has 1 atom stereocenters. The van der Waals surface area contributed by atoms with E-state index in [0.717, 1.165) is 5.56 Å². The van der Waals surface area contributed by atoms with Crippen LogP contribution in [0.3, 0.4) is 0 Å². The van der Waals surface area contributed by atoms with Crippen molar-refractivity contribution in [2.75, 3.05) is 45.1 Å². The van der Waals surface area contributed by atoms with Gasteiger partial charge in [0.2, 0.25) is 10.0 Å². The second-order valence-corrected chi connectivity index (χ2v) is 7.95. The van der Waals surface area contributed by atoms with Gasteiger partial charge in [0.1, 0.15) is 0 Å². The van der Waals surface area contributed by atoms with Crippen LogP contribution in [0.25, 0.3) is 0 Å². The number of nitrogens with zero attached hydrogens (tertiary/aromatic N) is 2. The van der Waals surface area contributed by atoms with Crippen molar-refractivity contribution in [1.82, 2.24) is 14.9 Å². The summed E-state index contributed by atoms with van der Waals surface area (Å²) >= 11 is 0. The Bertz CT molecular complexity index is 643. The summed E-state index contributed by atoms with van der Waals surface area (Å²) in [5, 5.41) is 6.47. The lowest BCUT2D eigenvalue weighted by Crippen LogP contribution is -2.42. The van der Waals surface area contributed by atoms with Gasteiger partial charge in [-0.15, -0.1) is 0 Å². The molecular formula is C17H28N4O3S. The molecule has 2 rings (SSSR count). The number of hydrogen-bond donors (Lipinski definition) is 2. The summed E-state index contributed by atoms with van der Waals surface area (Å²) in [5.41, 5.74) is 1.15. The van der Waals surface area contributed by atoms with E-state index < -0.39 is 10.0 Å². The first-order valence-corrected chi connectivity index (χ1v) is 10.3. The third-order valence-electron chi connectivity index (χ3n) is 3.98. The van der Waals surface area contributed by atoms with Crippen LogP contribution < -0.4 is 10.6 Å². The zero-order valence-corrected chi connectivity index (χ0v) is 15.8. The van der Waals surface area contributed by atoms with E-state index in [1.807, 2.05) is 44.2 Å². The van der Waals surface area contributed by atoms with Crippen molar-refractivity contribution in [3.05, 3.63) is 35.9 Å². The molecule has 1 fully saturated rings. The first kappa shape index (κ1) is 19.7. The van der Waals surface area contributed by atoms with Gasteiger partial charge in [-0.05, 0) is 19.4 Å². The Morgan fingerprint density at radius 1 is 1.28 bits per heavy atom. The molecule has 140 valence electrons. The second kappa shape index (κ2) is 9.74. The first-order chi connectivity index (χ1) is 12.0. The van der Waals surface area contributed by atoms with Crippen LogP contribution in [0.2, 0.25) is 0 Å². The molecule has 1 aliphatic rings. The lowest BCUT2D eigenvalue weighted by molar-refractivity contribution is 0.0731. The number of aliphatic imine (C=N–C) groups is 1. The van der Waals surface area contributed by atoms with Crippen molar-refractivity contribution in [2.45, 2.75) is 19.9 Å². The van der Waals surface area contributed by atoms with Crippen molar-refractivity contribution in [3.8, 4) is 0 Å². The molecule has 1 heterocycles. The maximum absolute atomic E-state index is 12.3. The highest BCUT2D eigenvalue weighted by Crippen LogP contribution is 2.11. The molecule has 0 aromatic heterocycles. The molecule has 0 spiro atoms. The summed E-state index contributed by atoms with van der Waals surface area (Å²) < 4.78 is 31.3. The van der Waals surface area contributed by atoms with Crippen molar-refractivity contribution >= 4 is 16.0 Å². The van der Waals surface area contributed by atoms with Crippen LogP contribution in [0.15, 0.2) is 35.3 Å². The molecule has 1 aromatic rings. The van der Waals surface area contributed by atoms with E-state index in [1.165, 1.54) is 4.31 Å². The minimum atomic E-state index is -3.28. The predicted octanol–water partition coefficient (Wildman–Crippen LogP) is 0.965. The Hall–Kier alpha value is -1.64. The summed E-state index contributed by atoms with van der Waals surface area (Å²) in [6, 6.07) is 10.1. The van der Waals surface area contributed by atoms with E-state index in [2.05, 4.69) is 15.6 Å². The van der Waals surface area contributed by atoms with Crippen molar-refractivity contribution in [2.24, 2.45) is 4.99 Å². The fraction of sp³-hybridized carbons (Fsp3) is 0.588. The van der Waals surface area contributed by atoms with Crippen LogP contribution >= 0.6 is 0 Å². The maximum atomic E-state index is 12.3. The van der Waals surface area contributed by atoms with Gasteiger partial charge in [-0.2, -0.15) is 4.31 Å². The number of ether oxygens (including phenoxy) is 1. The Morgan fingerprint density at radius 2 is 1.96 bits per heavy atom. The fourth-order valence-electron chi connectivity index (χ4n) is 2.58. The molecule has 2 N–H and O–H groups in total. The highest BCUT2D eigenvalue weighted by molar-refractivity contribution is 7.89. The van der Waals surface area contributed by atoms with Gasteiger partial charge in [0.05, 0.1) is 31.6 Å². The van der Waals surface area contributed by atoms with Crippen molar-refractivity contribution in [1.29, 1.82) is 0 Å². The van der Waals surface area contributed by atoms with Crippen LogP contribution in [0, 0.1) is 0 Å². The lowest BCUT2D eigenvalue weighted by atomic mass is 10.1. The minimum absolute atomic E-state index is 0.00327. The average molecular weight is 369 g/mol. The lowest BCUT2D eigenvalue weighted by Gasteiger charge is -2.25. The van der Waals surface area contributed by atoms with Gasteiger partial charge in [0, 0.05) is 19.6 Å². The molecule has 8 heteroatoms.